The van der Waals surface area contributed by atoms with Crippen molar-refractivity contribution >= 4 is 56.6 Å². The average Bonchev–Trinajstić information content (AvgIpc) is 3.35. The van der Waals surface area contributed by atoms with Gasteiger partial charge in [-0.15, -0.1) is 0 Å². The molecule has 2 unspecified atom stereocenters. The number of nitrogens with one attached hydrogen (secondary N) is 4. The predicted molar refractivity (Wildman–Crippen MR) is 138 cm³/mol. The molecule has 3 aliphatic rings. The largest absolute Gasteiger partial charge is 0.456 e. The molecule has 184 valence electrons. The Morgan fingerprint density at radius 1 is 0.750 bits per heavy atom. The molecule has 0 fully saturated rings. The smallest absolute Gasteiger partial charge is 0.326 e. The summed E-state index contributed by atoms with van der Waals surface area (Å²) >= 11 is 13.7. The van der Waals surface area contributed by atoms with Crippen LogP contribution in [0.5, 0.6) is 11.5 Å². The molecule has 10 nitrogen and oxygen atoms in total. The van der Waals surface area contributed by atoms with Gasteiger partial charge in [0.2, 0.25) is 0 Å². The summed E-state index contributed by atoms with van der Waals surface area (Å²) in [4.78, 5) is 30.3. The van der Waals surface area contributed by atoms with E-state index in [1.807, 2.05) is 38.1 Å². The maximum Gasteiger partial charge on any atom is 0.326 e. The van der Waals surface area contributed by atoms with Crippen LogP contribution in [0.3, 0.4) is 0 Å². The topological polar surface area (TPSA) is 118 Å². The van der Waals surface area contributed by atoms with Crippen LogP contribution in [0, 0.1) is 0 Å². The van der Waals surface area contributed by atoms with E-state index >= 15 is 0 Å². The molecule has 2 aromatic heterocycles. The monoisotopic (exact) mass is 526 g/mol. The minimum absolute atomic E-state index is 0.184. The molecule has 4 heterocycles. The summed E-state index contributed by atoms with van der Waals surface area (Å²) in [6.45, 7) is 4.86. The van der Waals surface area contributed by atoms with E-state index in [1.165, 1.54) is 0 Å². The molecular weight excluding hydrogens is 507 g/mol. The zero-order valence-corrected chi connectivity index (χ0v) is 20.7. The van der Waals surface area contributed by atoms with Crippen molar-refractivity contribution in [1.82, 2.24) is 19.1 Å². The second-order valence-electron chi connectivity index (χ2n) is 8.86. The SMILES string of the molecule is CCn1c(=O)[nH]c2cc3c(cc21)OC1=C(Cl)C2Nc4cc5[nH]c(=O)n(CC)c5cc4OC2=C(Cl)C1N3. The van der Waals surface area contributed by atoms with E-state index in [0.29, 0.717) is 68.6 Å². The highest BCUT2D eigenvalue weighted by atomic mass is 35.5. The highest BCUT2D eigenvalue weighted by Crippen LogP contribution is 2.48. The van der Waals surface area contributed by atoms with Crippen molar-refractivity contribution in [2.45, 2.75) is 39.0 Å². The van der Waals surface area contributed by atoms with E-state index in [9.17, 15) is 9.59 Å². The predicted octanol–water partition coefficient (Wildman–Crippen LogP) is 3.97. The number of hydrogen-bond donors (Lipinski definition) is 4. The molecule has 12 heteroatoms. The fraction of sp³-hybridized carbons (Fsp3) is 0.250. The first-order valence-electron chi connectivity index (χ1n) is 11.6. The summed E-state index contributed by atoms with van der Waals surface area (Å²) in [7, 11) is 0. The maximum absolute atomic E-state index is 12.3. The first kappa shape index (κ1) is 21.5. The molecule has 2 aliphatic heterocycles. The van der Waals surface area contributed by atoms with Gasteiger partial charge in [0.05, 0.1) is 43.5 Å². The third-order valence-electron chi connectivity index (χ3n) is 6.92. The van der Waals surface area contributed by atoms with Gasteiger partial charge in [0.25, 0.3) is 0 Å². The molecule has 36 heavy (non-hydrogen) atoms. The number of H-pyrrole nitrogens is 2. The lowest BCUT2D eigenvalue weighted by molar-refractivity contribution is 0.345. The molecule has 7 rings (SSSR count). The molecule has 0 spiro atoms. The molecule has 2 atom stereocenters. The quantitative estimate of drug-likeness (QED) is 0.314. The Morgan fingerprint density at radius 3 is 1.56 bits per heavy atom. The van der Waals surface area contributed by atoms with Gasteiger partial charge in [-0.1, -0.05) is 23.2 Å². The first-order valence-corrected chi connectivity index (χ1v) is 12.3. The molecule has 1 aliphatic carbocycles. The van der Waals surface area contributed by atoms with Gasteiger partial charge in [-0.2, -0.15) is 0 Å². The Hall–Kier alpha value is -3.76. The maximum atomic E-state index is 12.3. The first-order chi connectivity index (χ1) is 17.4. The van der Waals surface area contributed by atoms with Gasteiger partial charge in [-0.3, -0.25) is 9.13 Å². The summed E-state index contributed by atoms with van der Waals surface area (Å²) in [5.41, 5.74) is 3.83. The van der Waals surface area contributed by atoms with Crippen LogP contribution in [0.1, 0.15) is 13.8 Å². The second kappa shape index (κ2) is 7.37. The number of imidazole rings is 2. The molecule has 4 N–H and O–H groups in total. The zero-order valence-electron chi connectivity index (χ0n) is 19.2. The number of benzene rings is 2. The third-order valence-corrected chi connectivity index (χ3v) is 7.73. The van der Waals surface area contributed by atoms with E-state index in [4.69, 9.17) is 32.7 Å². The highest BCUT2D eigenvalue weighted by molar-refractivity contribution is 6.34. The number of fused-ring (bicyclic) bond motifs is 6. The summed E-state index contributed by atoms with van der Waals surface area (Å²) in [5, 5.41) is 7.55. The Labute approximate surface area is 213 Å². The molecule has 0 saturated carbocycles. The third kappa shape index (κ3) is 2.79. The minimum Gasteiger partial charge on any atom is -0.456 e. The van der Waals surface area contributed by atoms with Crippen LogP contribution < -0.4 is 31.5 Å². The number of aromatic amines is 2. The summed E-state index contributed by atoms with van der Waals surface area (Å²) in [6, 6.07) is 6.14. The Morgan fingerprint density at radius 2 is 1.17 bits per heavy atom. The molecule has 0 radical (unpaired) electrons. The molecule has 4 aromatic rings. The lowest BCUT2D eigenvalue weighted by Gasteiger charge is -2.39. The molecular formula is C24H20Cl2N6O4. The number of ether oxygens (including phenoxy) is 2. The second-order valence-corrected chi connectivity index (χ2v) is 9.68. The average molecular weight is 527 g/mol. The van der Waals surface area contributed by atoms with Crippen molar-refractivity contribution in [3.8, 4) is 11.5 Å². The van der Waals surface area contributed by atoms with Crippen LogP contribution in [0.4, 0.5) is 11.4 Å². The fourth-order valence-electron chi connectivity index (χ4n) is 5.20. The van der Waals surface area contributed by atoms with Crippen LogP contribution >= 0.6 is 23.2 Å². The van der Waals surface area contributed by atoms with E-state index in [2.05, 4.69) is 20.6 Å². The Bertz CT molecular complexity index is 1670. The molecule has 0 saturated heterocycles. The van der Waals surface area contributed by atoms with Crippen LogP contribution in [-0.4, -0.2) is 31.2 Å². The van der Waals surface area contributed by atoms with Crippen LogP contribution in [0.2, 0.25) is 0 Å². The van der Waals surface area contributed by atoms with E-state index < -0.39 is 12.1 Å². The molecule has 0 amide bonds. The van der Waals surface area contributed by atoms with Gasteiger partial charge < -0.3 is 30.1 Å². The molecule has 0 bridgehead atoms. The lowest BCUT2D eigenvalue weighted by atomic mass is 9.98. The minimum atomic E-state index is -0.566. The number of aromatic nitrogens is 4. The van der Waals surface area contributed by atoms with Gasteiger partial charge >= 0.3 is 11.4 Å². The van der Waals surface area contributed by atoms with E-state index in [-0.39, 0.29) is 11.4 Å². The van der Waals surface area contributed by atoms with E-state index in [1.54, 1.807) is 9.13 Å². The Kier molecular flexibility index (Phi) is 4.41. The van der Waals surface area contributed by atoms with Crippen LogP contribution in [0.25, 0.3) is 22.1 Å². The molecule has 2 aromatic carbocycles. The number of aryl methyl sites for hydroxylation is 2. The highest BCUT2D eigenvalue weighted by Gasteiger charge is 2.43. The van der Waals surface area contributed by atoms with Crippen molar-refractivity contribution < 1.29 is 9.47 Å². The number of anilines is 2. The van der Waals surface area contributed by atoms with E-state index in [0.717, 1.165) is 11.0 Å². The zero-order chi connectivity index (χ0) is 24.9. The van der Waals surface area contributed by atoms with Gasteiger partial charge in [0, 0.05) is 25.2 Å². The number of hydrogen-bond acceptors (Lipinski definition) is 6. The van der Waals surface area contributed by atoms with Crippen molar-refractivity contribution in [3.63, 3.8) is 0 Å². The van der Waals surface area contributed by atoms with Crippen molar-refractivity contribution in [2.24, 2.45) is 0 Å². The van der Waals surface area contributed by atoms with Crippen molar-refractivity contribution in [2.75, 3.05) is 10.6 Å². The summed E-state index contributed by atoms with van der Waals surface area (Å²) < 4.78 is 15.8. The standard InChI is InChI=1S/C24H20Cl2N6O4/c1-3-31-13-7-15-11(5-9(13)29-23(31)33)27-19-18(26)22-20(17(25)21(19)35-15)28-12-6-10-14(8-16(12)36-22)32(4-2)24(34)30-10/h5-8,19-20,27-28H,3-4H2,1-2H3,(H,29,33)(H,30,34). The Balaban J connectivity index is 1.34. The van der Waals surface area contributed by atoms with Crippen LogP contribution in [-0.2, 0) is 13.1 Å². The van der Waals surface area contributed by atoms with Gasteiger partial charge in [-0.25, -0.2) is 9.59 Å². The van der Waals surface area contributed by atoms with Crippen molar-refractivity contribution in [3.05, 3.63) is 66.8 Å². The van der Waals surface area contributed by atoms with Gasteiger partial charge in [-0.05, 0) is 26.0 Å². The van der Waals surface area contributed by atoms with Crippen LogP contribution in [0.15, 0.2) is 55.4 Å². The summed E-state index contributed by atoms with van der Waals surface area (Å²) in [5.74, 6) is 1.99. The number of rotatable bonds is 2. The number of halogens is 2. The van der Waals surface area contributed by atoms with Gasteiger partial charge in [0.15, 0.2) is 11.5 Å². The van der Waals surface area contributed by atoms with Gasteiger partial charge in [0.1, 0.15) is 23.6 Å². The lowest BCUT2D eigenvalue weighted by Crippen LogP contribution is -2.42. The normalized spacial score (nSPS) is 20.2. The number of nitrogens with zero attached hydrogens (tertiary/aromatic N) is 2. The summed E-state index contributed by atoms with van der Waals surface area (Å²) in [6.07, 6.45) is 0. The fourth-order valence-corrected chi connectivity index (χ4v) is 5.81. The van der Waals surface area contributed by atoms with Crippen molar-refractivity contribution in [1.29, 1.82) is 0 Å².